The van der Waals surface area contributed by atoms with Gasteiger partial charge in [0.15, 0.2) is 5.82 Å². The Morgan fingerprint density at radius 3 is 2.69 bits per heavy atom. The van der Waals surface area contributed by atoms with Crippen molar-refractivity contribution in [3.8, 4) is 0 Å². The Balaban J connectivity index is 1.83. The highest BCUT2D eigenvalue weighted by Crippen LogP contribution is 2.23. The normalized spacial score (nSPS) is 10.3. The van der Waals surface area contributed by atoms with Gasteiger partial charge in [-0.25, -0.2) is 9.97 Å². The van der Waals surface area contributed by atoms with Gasteiger partial charge in [0.05, 0.1) is 16.8 Å². The molecule has 0 unspecified atom stereocenters. The zero-order chi connectivity index (χ0) is 18.5. The van der Waals surface area contributed by atoms with E-state index in [-0.39, 0.29) is 5.91 Å². The molecule has 132 valence electrons. The molecule has 8 nitrogen and oxygen atoms in total. The Kier molecular flexibility index (Phi) is 5.23. The van der Waals surface area contributed by atoms with Crippen molar-refractivity contribution in [1.82, 2.24) is 19.9 Å². The van der Waals surface area contributed by atoms with E-state index in [2.05, 4.69) is 35.9 Å². The molecule has 9 heteroatoms. The minimum absolute atomic E-state index is 0.295. The molecular weight excluding hydrogens is 354 g/mol. The lowest BCUT2D eigenvalue weighted by Crippen LogP contribution is -2.14. The molecule has 0 aliphatic rings. The average molecular weight is 370 g/mol. The first-order valence-electron chi connectivity index (χ1n) is 7.72. The van der Waals surface area contributed by atoms with E-state index in [1.807, 2.05) is 13.0 Å². The lowest BCUT2D eigenvalue weighted by molar-refractivity contribution is 0.102. The number of hydrogen-bond acceptors (Lipinski definition) is 7. The number of nitrogens with zero attached hydrogens (tertiary/aromatic N) is 4. The molecule has 26 heavy (non-hydrogen) atoms. The average Bonchev–Trinajstić information content (AvgIpc) is 2.63. The summed E-state index contributed by atoms with van der Waals surface area (Å²) in [6.45, 7) is 1.87. The van der Waals surface area contributed by atoms with E-state index in [0.29, 0.717) is 33.9 Å². The number of carbonyl (C=O) groups is 1. The SMILES string of the molecule is CNc1cc(C)nc(Nc2ccc(Cl)c(C(=O)Nc3cnccn3)c2)n1. The topological polar surface area (TPSA) is 105 Å². The largest absolute Gasteiger partial charge is 0.373 e. The maximum atomic E-state index is 12.5. The molecule has 0 fully saturated rings. The Hall–Kier alpha value is -3.26. The first-order valence-corrected chi connectivity index (χ1v) is 8.10. The van der Waals surface area contributed by atoms with Crippen LogP contribution in [0.15, 0.2) is 42.9 Å². The van der Waals surface area contributed by atoms with Crippen molar-refractivity contribution in [3.05, 3.63) is 59.1 Å². The molecule has 0 saturated heterocycles. The smallest absolute Gasteiger partial charge is 0.258 e. The van der Waals surface area contributed by atoms with Gasteiger partial charge in [-0.3, -0.25) is 9.78 Å². The van der Waals surface area contributed by atoms with Crippen LogP contribution in [0.5, 0.6) is 0 Å². The molecule has 0 radical (unpaired) electrons. The van der Waals surface area contributed by atoms with Gasteiger partial charge in [0.25, 0.3) is 5.91 Å². The van der Waals surface area contributed by atoms with Crippen LogP contribution in [0.1, 0.15) is 16.1 Å². The van der Waals surface area contributed by atoms with Crippen LogP contribution in [0.25, 0.3) is 0 Å². The van der Waals surface area contributed by atoms with E-state index >= 15 is 0 Å². The van der Waals surface area contributed by atoms with E-state index in [0.717, 1.165) is 5.69 Å². The number of aryl methyl sites for hydroxylation is 1. The quantitative estimate of drug-likeness (QED) is 0.633. The predicted molar refractivity (Wildman–Crippen MR) is 101 cm³/mol. The number of nitrogens with one attached hydrogen (secondary N) is 3. The molecule has 0 aliphatic heterocycles. The van der Waals surface area contributed by atoms with Crippen LogP contribution in [0.3, 0.4) is 0 Å². The molecule has 3 rings (SSSR count). The first kappa shape index (κ1) is 17.6. The lowest BCUT2D eigenvalue weighted by Gasteiger charge is -2.10. The second-order valence-corrected chi connectivity index (χ2v) is 5.74. The van der Waals surface area contributed by atoms with Gasteiger partial charge in [0.1, 0.15) is 5.82 Å². The Morgan fingerprint density at radius 1 is 1.12 bits per heavy atom. The van der Waals surface area contributed by atoms with Crippen molar-refractivity contribution in [3.63, 3.8) is 0 Å². The summed E-state index contributed by atoms with van der Waals surface area (Å²) in [7, 11) is 1.78. The third-order valence-electron chi connectivity index (χ3n) is 3.38. The zero-order valence-corrected chi connectivity index (χ0v) is 14.9. The molecule has 3 aromatic rings. The van der Waals surface area contributed by atoms with Crippen molar-refractivity contribution in [1.29, 1.82) is 0 Å². The van der Waals surface area contributed by atoms with Crippen LogP contribution in [0.4, 0.5) is 23.3 Å². The summed E-state index contributed by atoms with van der Waals surface area (Å²) in [5.41, 5.74) is 1.73. The van der Waals surface area contributed by atoms with Crippen LogP contribution in [-0.2, 0) is 0 Å². The fraction of sp³-hybridized carbons (Fsp3) is 0.118. The number of carbonyl (C=O) groups excluding carboxylic acids is 1. The summed E-state index contributed by atoms with van der Waals surface area (Å²) < 4.78 is 0. The van der Waals surface area contributed by atoms with E-state index in [1.54, 1.807) is 25.2 Å². The van der Waals surface area contributed by atoms with Crippen molar-refractivity contribution < 1.29 is 4.79 Å². The van der Waals surface area contributed by atoms with Crippen LogP contribution < -0.4 is 16.0 Å². The van der Waals surface area contributed by atoms with Gasteiger partial charge >= 0.3 is 0 Å². The van der Waals surface area contributed by atoms with Crippen LogP contribution in [-0.4, -0.2) is 32.9 Å². The maximum Gasteiger partial charge on any atom is 0.258 e. The molecule has 0 spiro atoms. The fourth-order valence-electron chi connectivity index (χ4n) is 2.21. The molecule has 0 aliphatic carbocycles. The molecule has 2 heterocycles. The lowest BCUT2D eigenvalue weighted by atomic mass is 10.2. The molecular formula is C17H16ClN7O. The summed E-state index contributed by atoms with van der Waals surface area (Å²) in [5, 5.41) is 9.02. The van der Waals surface area contributed by atoms with Crippen molar-refractivity contribution in [2.75, 3.05) is 23.0 Å². The monoisotopic (exact) mass is 369 g/mol. The Labute approximate surface area is 155 Å². The van der Waals surface area contributed by atoms with E-state index in [4.69, 9.17) is 11.6 Å². The summed E-state index contributed by atoms with van der Waals surface area (Å²) in [6, 6.07) is 6.82. The number of halogens is 1. The zero-order valence-electron chi connectivity index (χ0n) is 14.1. The Bertz CT molecular complexity index is 934. The van der Waals surface area contributed by atoms with Crippen molar-refractivity contribution in [2.24, 2.45) is 0 Å². The van der Waals surface area contributed by atoms with Gasteiger partial charge in [-0.1, -0.05) is 11.6 Å². The number of aromatic nitrogens is 4. The van der Waals surface area contributed by atoms with Gasteiger partial charge in [0.2, 0.25) is 5.95 Å². The summed E-state index contributed by atoms with van der Waals surface area (Å²) in [4.78, 5) is 29.0. The van der Waals surface area contributed by atoms with Gasteiger partial charge in [-0.2, -0.15) is 4.98 Å². The third kappa shape index (κ3) is 4.22. The van der Waals surface area contributed by atoms with E-state index in [1.165, 1.54) is 18.6 Å². The molecule has 1 amide bonds. The van der Waals surface area contributed by atoms with Crippen LogP contribution in [0, 0.1) is 6.92 Å². The number of rotatable bonds is 5. The highest BCUT2D eigenvalue weighted by Gasteiger charge is 2.13. The number of anilines is 4. The van der Waals surface area contributed by atoms with Gasteiger partial charge in [0, 0.05) is 36.9 Å². The predicted octanol–water partition coefficient (Wildman–Crippen LogP) is 3.27. The minimum atomic E-state index is -0.389. The Morgan fingerprint density at radius 2 is 1.96 bits per heavy atom. The molecule has 0 atom stereocenters. The van der Waals surface area contributed by atoms with Crippen LogP contribution in [0.2, 0.25) is 5.02 Å². The molecule has 2 aromatic heterocycles. The highest BCUT2D eigenvalue weighted by atomic mass is 35.5. The van der Waals surface area contributed by atoms with Crippen molar-refractivity contribution >= 4 is 40.8 Å². The van der Waals surface area contributed by atoms with Crippen LogP contribution >= 0.6 is 11.6 Å². The fourth-order valence-corrected chi connectivity index (χ4v) is 2.41. The second-order valence-electron chi connectivity index (χ2n) is 5.33. The minimum Gasteiger partial charge on any atom is -0.373 e. The summed E-state index contributed by atoms with van der Waals surface area (Å²) in [6.07, 6.45) is 4.46. The van der Waals surface area contributed by atoms with Crippen molar-refractivity contribution in [2.45, 2.75) is 6.92 Å². The molecule has 3 N–H and O–H groups in total. The van der Waals surface area contributed by atoms with E-state index < -0.39 is 0 Å². The second kappa shape index (κ2) is 7.75. The highest BCUT2D eigenvalue weighted by molar-refractivity contribution is 6.34. The summed E-state index contributed by atoms with van der Waals surface area (Å²) >= 11 is 6.17. The van der Waals surface area contributed by atoms with Gasteiger partial charge in [-0.05, 0) is 25.1 Å². The van der Waals surface area contributed by atoms with Gasteiger partial charge in [-0.15, -0.1) is 0 Å². The number of amides is 1. The molecule has 1 aromatic carbocycles. The molecule has 0 saturated carbocycles. The third-order valence-corrected chi connectivity index (χ3v) is 3.71. The molecule has 0 bridgehead atoms. The number of hydrogen-bond donors (Lipinski definition) is 3. The first-order chi connectivity index (χ1) is 12.5. The standard InChI is InChI=1S/C17H16ClN7O/c1-10-7-14(19-2)25-17(22-10)23-11-3-4-13(18)12(8-11)16(26)24-15-9-20-5-6-21-15/h3-9H,1-2H3,(H,21,24,26)(H2,19,22,23,25). The van der Waals surface area contributed by atoms with E-state index in [9.17, 15) is 4.79 Å². The maximum absolute atomic E-state index is 12.5. The number of benzene rings is 1. The summed E-state index contributed by atoms with van der Waals surface area (Å²) in [5.74, 6) is 1.05. The van der Waals surface area contributed by atoms with Gasteiger partial charge < -0.3 is 16.0 Å².